The third-order valence-corrected chi connectivity index (χ3v) is 6.02. The minimum Gasteiger partial charge on any atom is -0.481 e. The second kappa shape index (κ2) is 11.8. The van der Waals surface area contributed by atoms with E-state index in [0.29, 0.717) is 19.0 Å². The number of aliphatic hydroxyl groups excluding tert-OH is 1. The summed E-state index contributed by atoms with van der Waals surface area (Å²) < 4.78 is 11.0. The van der Waals surface area contributed by atoms with Gasteiger partial charge in [0.05, 0.1) is 26.4 Å². The van der Waals surface area contributed by atoms with Gasteiger partial charge in [0.1, 0.15) is 0 Å². The van der Waals surface area contributed by atoms with Crippen molar-refractivity contribution in [3.05, 3.63) is 101 Å². The molecular weight excluding hydrogens is 412 g/mol. The van der Waals surface area contributed by atoms with E-state index in [4.69, 9.17) is 9.47 Å². The molecule has 2 heterocycles. The standard InChI is InChI=1S/C28H32N2O3/c1-32-28-25(13-8-16-29-28)20-33-21-26(31)19-30-17-14-24(15-18-30)27(22-9-4-2-5-10-22)23-11-6-3-7-12-23/h2-13,16,26,31H,14-15,17-21H2,1H3. The molecule has 1 aliphatic rings. The Hall–Kier alpha value is -2.99. The molecule has 1 unspecified atom stereocenters. The third-order valence-electron chi connectivity index (χ3n) is 6.02. The minimum absolute atomic E-state index is 0.288. The molecule has 5 heteroatoms. The number of hydrogen-bond acceptors (Lipinski definition) is 5. The second-order valence-electron chi connectivity index (χ2n) is 8.35. The van der Waals surface area contributed by atoms with Crippen LogP contribution in [0.2, 0.25) is 0 Å². The van der Waals surface area contributed by atoms with E-state index < -0.39 is 6.10 Å². The van der Waals surface area contributed by atoms with Crippen LogP contribution in [0.5, 0.6) is 5.88 Å². The van der Waals surface area contributed by atoms with Crippen LogP contribution < -0.4 is 4.74 Å². The van der Waals surface area contributed by atoms with E-state index in [0.717, 1.165) is 31.5 Å². The number of β-amino-alcohol motifs (C(OH)–C–C–N with tert-alkyl or cyclic N) is 1. The van der Waals surface area contributed by atoms with Crippen molar-refractivity contribution in [1.82, 2.24) is 9.88 Å². The monoisotopic (exact) mass is 444 g/mol. The van der Waals surface area contributed by atoms with E-state index in [1.807, 2.05) is 12.1 Å². The Morgan fingerprint density at radius 1 is 0.939 bits per heavy atom. The Bertz CT molecular complexity index is 986. The quantitative estimate of drug-likeness (QED) is 0.524. The van der Waals surface area contributed by atoms with Gasteiger partial charge in [-0.2, -0.15) is 0 Å². The first-order valence-electron chi connectivity index (χ1n) is 11.5. The van der Waals surface area contributed by atoms with E-state index in [-0.39, 0.29) is 6.61 Å². The fourth-order valence-corrected chi connectivity index (χ4v) is 4.41. The Labute approximate surface area is 196 Å². The zero-order valence-corrected chi connectivity index (χ0v) is 19.2. The smallest absolute Gasteiger partial charge is 0.218 e. The van der Waals surface area contributed by atoms with Gasteiger partial charge in [0.2, 0.25) is 5.88 Å². The highest BCUT2D eigenvalue weighted by molar-refractivity contribution is 5.82. The molecule has 1 fully saturated rings. The molecule has 1 aliphatic heterocycles. The summed E-state index contributed by atoms with van der Waals surface area (Å²) in [6.45, 7) is 3.15. The first-order valence-corrected chi connectivity index (χ1v) is 11.5. The average molecular weight is 445 g/mol. The molecule has 33 heavy (non-hydrogen) atoms. The van der Waals surface area contributed by atoms with E-state index in [9.17, 15) is 5.11 Å². The van der Waals surface area contributed by atoms with Crippen LogP contribution in [-0.4, -0.2) is 54.4 Å². The van der Waals surface area contributed by atoms with Gasteiger partial charge < -0.3 is 19.5 Å². The highest BCUT2D eigenvalue weighted by Crippen LogP contribution is 2.32. The van der Waals surface area contributed by atoms with Crippen molar-refractivity contribution in [2.24, 2.45) is 0 Å². The lowest BCUT2D eigenvalue weighted by Crippen LogP contribution is -2.38. The predicted octanol–water partition coefficient (Wildman–Crippen LogP) is 4.57. The molecule has 2 aromatic carbocycles. The first kappa shape index (κ1) is 23.2. The van der Waals surface area contributed by atoms with Crippen molar-refractivity contribution in [1.29, 1.82) is 0 Å². The largest absolute Gasteiger partial charge is 0.481 e. The minimum atomic E-state index is -0.527. The Kier molecular flexibility index (Phi) is 8.25. The maximum Gasteiger partial charge on any atom is 0.218 e. The van der Waals surface area contributed by atoms with Crippen LogP contribution in [0.4, 0.5) is 0 Å². The lowest BCUT2D eigenvalue weighted by molar-refractivity contribution is 0.00818. The number of aromatic nitrogens is 1. The first-order chi connectivity index (χ1) is 16.2. The fraction of sp³-hybridized carbons (Fsp3) is 0.321. The number of likely N-dealkylation sites (tertiary alicyclic amines) is 1. The number of benzene rings is 2. The van der Waals surface area contributed by atoms with E-state index >= 15 is 0 Å². The maximum atomic E-state index is 10.5. The summed E-state index contributed by atoms with van der Waals surface area (Å²) in [6.07, 6.45) is 3.16. The fourth-order valence-electron chi connectivity index (χ4n) is 4.41. The predicted molar refractivity (Wildman–Crippen MR) is 131 cm³/mol. The second-order valence-corrected chi connectivity index (χ2v) is 8.35. The van der Waals surface area contributed by atoms with E-state index in [1.54, 1.807) is 13.3 Å². The molecule has 0 amide bonds. The number of piperidine rings is 1. The van der Waals surface area contributed by atoms with E-state index in [2.05, 4.69) is 70.5 Å². The zero-order valence-electron chi connectivity index (χ0n) is 19.2. The van der Waals surface area contributed by atoms with Gasteiger partial charge in [-0.3, -0.25) is 0 Å². The van der Waals surface area contributed by atoms with Gasteiger partial charge in [-0.05, 0) is 41.7 Å². The van der Waals surface area contributed by atoms with Gasteiger partial charge in [0, 0.05) is 31.4 Å². The van der Waals surface area contributed by atoms with Crippen LogP contribution in [-0.2, 0) is 11.3 Å². The summed E-state index contributed by atoms with van der Waals surface area (Å²) in [6, 6.07) is 25.1. The number of ether oxygens (including phenoxy) is 2. The number of rotatable bonds is 9. The highest BCUT2D eigenvalue weighted by atomic mass is 16.5. The molecule has 0 spiro atoms. The molecule has 1 atom stereocenters. The van der Waals surface area contributed by atoms with Gasteiger partial charge in [0.15, 0.2) is 0 Å². The zero-order chi connectivity index (χ0) is 22.9. The number of hydrogen-bond donors (Lipinski definition) is 1. The van der Waals surface area contributed by atoms with Crippen LogP contribution in [0.1, 0.15) is 29.5 Å². The number of nitrogens with zero attached hydrogens (tertiary/aromatic N) is 2. The molecule has 1 N–H and O–H groups in total. The van der Waals surface area contributed by atoms with Crippen molar-refractivity contribution in [2.45, 2.75) is 25.6 Å². The molecule has 1 aromatic heterocycles. The summed E-state index contributed by atoms with van der Waals surface area (Å²) >= 11 is 0. The molecule has 0 aliphatic carbocycles. The molecule has 1 saturated heterocycles. The van der Waals surface area contributed by atoms with Crippen LogP contribution in [0.15, 0.2) is 84.6 Å². The SMILES string of the molecule is COc1ncccc1COCC(O)CN1CCC(=C(c2ccccc2)c2ccccc2)CC1. The maximum absolute atomic E-state index is 10.5. The molecule has 0 saturated carbocycles. The van der Waals surface area contributed by atoms with Crippen molar-refractivity contribution >= 4 is 5.57 Å². The summed E-state index contributed by atoms with van der Waals surface area (Å²) in [5.74, 6) is 0.565. The number of aliphatic hydroxyl groups is 1. The van der Waals surface area contributed by atoms with Crippen molar-refractivity contribution < 1.29 is 14.6 Å². The lowest BCUT2D eigenvalue weighted by atomic mass is 9.88. The van der Waals surface area contributed by atoms with Crippen molar-refractivity contribution in [3.8, 4) is 5.88 Å². The van der Waals surface area contributed by atoms with Crippen molar-refractivity contribution in [2.75, 3.05) is 33.4 Å². The van der Waals surface area contributed by atoms with Crippen LogP contribution in [0, 0.1) is 0 Å². The topological polar surface area (TPSA) is 54.8 Å². The Balaban J connectivity index is 1.33. The van der Waals surface area contributed by atoms with Crippen LogP contribution in [0.25, 0.3) is 5.57 Å². The summed E-state index contributed by atoms with van der Waals surface area (Å²) in [5, 5.41) is 10.5. The Morgan fingerprint density at radius 2 is 1.58 bits per heavy atom. The highest BCUT2D eigenvalue weighted by Gasteiger charge is 2.21. The number of methoxy groups -OCH3 is 1. The van der Waals surface area contributed by atoms with Crippen LogP contribution in [0.3, 0.4) is 0 Å². The van der Waals surface area contributed by atoms with Gasteiger partial charge in [-0.15, -0.1) is 0 Å². The van der Waals surface area contributed by atoms with Crippen molar-refractivity contribution in [3.63, 3.8) is 0 Å². The van der Waals surface area contributed by atoms with Crippen LogP contribution >= 0.6 is 0 Å². The van der Waals surface area contributed by atoms with E-state index in [1.165, 1.54) is 22.3 Å². The van der Waals surface area contributed by atoms with Gasteiger partial charge in [-0.1, -0.05) is 66.2 Å². The summed E-state index contributed by atoms with van der Waals surface area (Å²) in [7, 11) is 1.60. The van der Waals surface area contributed by atoms with Gasteiger partial charge in [0.25, 0.3) is 0 Å². The molecule has 0 bridgehead atoms. The molecule has 3 aromatic rings. The third kappa shape index (κ3) is 6.29. The molecule has 4 rings (SSSR count). The average Bonchev–Trinajstić information content (AvgIpc) is 2.87. The molecule has 0 radical (unpaired) electrons. The lowest BCUT2D eigenvalue weighted by Gasteiger charge is -2.31. The summed E-state index contributed by atoms with van der Waals surface area (Å²) in [5.41, 5.74) is 6.26. The summed E-state index contributed by atoms with van der Waals surface area (Å²) in [4.78, 5) is 6.51. The van der Waals surface area contributed by atoms with Gasteiger partial charge in [-0.25, -0.2) is 4.98 Å². The van der Waals surface area contributed by atoms with Gasteiger partial charge >= 0.3 is 0 Å². The molecular formula is C28H32N2O3. The number of pyridine rings is 1. The molecule has 5 nitrogen and oxygen atoms in total. The molecule has 172 valence electrons. The Morgan fingerprint density at radius 3 is 2.18 bits per heavy atom. The normalized spacial score (nSPS) is 15.3.